The molecule has 2 aromatic rings. The lowest BCUT2D eigenvalue weighted by Crippen LogP contribution is -2.23. The Bertz CT molecular complexity index is 525. The van der Waals surface area contributed by atoms with Gasteiger partial charge >= 0.3 is 0 Å². The SMILES string of the molecule is c1cc(COc2ccc3c(c2)CNCC3)ccn1. The van der Waals surface area contributed by atoms with Gasteiger partial charge in [-0.2, -0.15) is 0 Å². The van der Waals surface area contributed by atoms with E-state index in [9.17, 15) is 0 Å². The average molecular weight is 240 g/mol. The van der Waals surface area contributed by atoms with E-state index in [0.29, 0.717) is 6.61 Å². The molecule has 0 saturated heterocycles. The Morgan fingerprint density at radius 2 is 2.00 bits per heavy atom. The predicted octanol–water partition coefficient (Wildman–Crippen LogP) is 2.31. The minimum atomic E-state index is 0.592. The lowest BCUT2D eigenvalue weighted by molar-refractivity contribution is 0.305. The summed E-state index contributed by atoms with van der Waals surface area (Å²) < 4.78 is 5.80. The average Bonchev–Trinajstić information content (AvgIpc) is 2.46. The number of pyridine rings is 1. The maximum absolute atomic E-state index is 5.80. The van der Waals surface area contributed by atoms with Crippen LogP contribution in [0.1, 0.15) is 16.7 Å². The van der Waals surface area contributed by atoms with Gasteiger partial charge in [-0.1, -0.05) is 6.07 Å². The second-order valence-electron chi connectivity index (χ2n) is 4.50. The van der Waals surface area contributed by atoms with Crippen LogP contribution in [0.2, 0.25) is 0 Å². The Hall–Kier alpha value is -1.87. The van der Waals surface area contributed by atoms with Crippen LogP contribution < -0.4 is 10.1 Å². The van der Waals surface area contributed by atoms with Crippen molar-refractivity contribution in [1.29, 1.82) is 0 Å². The highest BCUT2D eigenvalue weighted by molar-refractivity contribution is 5.37. The Morgan fingerprint density at radius 3 is 2.89 bits per heavy atom. The molecule has 1 aliphatic rings. The molecule has 0 unspecified atom stereocenters. The molecule has 3 rings (SSSR count). The van der Waals surface area contributed by atoms with E-state index in [1.807, 2.05) is 12.1 Å². The normalized spacial score (nSPS) is 14.0. The molecule has 0 spiro atoms. The first-order chi connectivity index (χ1) is 8.92. The van der Waals surface area contributed by atoms with E-state index in [1.165, 1.54) is 11.1 Å². The van der Waals surface area contributed by atoms with Gasteiger partial charge in [-0.15, -0.1) is 0 Å². The maximum atomic E-state index is 5.80. The molecule has 0 atom stereocenters. The third kappa shape index (κ3) is 2.51. The summed E-state index contributed by atoms with van der Waals surface area (Å²) >= 11 is 0. The number of hydrogen-bond acceptors (Lipinski definition) is 3. The van der Waals surface area contributed by atoms with Gasteiger partial charge in [0.25, 0.3) is 0 Å². The van der Waals surface area contributed by atoms with E-state index in [1.54, 1.807) is 12.4 Å². The van der Waals surface area contributed by atoms with E-state index in [0.717, 1.165) is 30.8 Å². The topological polar surface area (TPSA) is 34.1 Å². The number of aromatic nitrogens is 1. The van der Waals surface area contributed by atoms with Crippen LogP contribution in [0.3, 0.4) is 0 Å². The lowest BCUT2D eigenvalue weighted by atomic mass is 10.0. The standard InChI is InChI=1S/C15H16N2O/c1-2-15(9-14-10-17-8-5-13(1)14)18-11-12-3-6-16-7-4-12/h1-4,6-7,9,17H,5,8,10-11H2. The molecule has 1 aromatic heterocycles. The number of fused-ring (bicyclic) bond motifs is 1. The molecule has 3 nitrogen and oxygen atoms in total. The molecule has 0 amide bonds. The molecular formula is C15H16N2O. The molecule has 2 heterocycles. The van der Waals surface area contributed by atoms with Gasteiger partial charge in [0, 0.05) is 18.9 Å². The van der Waals surface area contributed by atoms with Gasteiger partial charge in [-0.05, 0) is 53.9 Å². The smallest absolute Gasteiger partial charge is 0.120 e. The van der Waals surface area contributed by atoms with Crippen molar-refractivity contribution in [2.24, 2.45) is 0 Å². The minimum absolute atomic E-state index is 0.592. The second kappa shape index (κ2) is 5.19. The number of rotatable bonds is 3. The number of ether oxygens (including phenoxy) is 1. The molecule has 1 aliphatic heterocycles. The van der Waals surface area contributed by atoms with E-state index in [2.05, 4.69) is 28.5 Å². The van der Waals surface area contributed by atoms with Gasteiger partial charge in [0.1, 0.15) is 12.4 Å². The van der Waals surface area contributed by atoms with Crippen molar-refractivity contribution < 1.29 is 4.74 Å². The van der Waals surface area contributed by atoms with Crippen LogP contribution in [0.4, 0.5) is 0 Å². The molecule has 1 aromatic carbocycles. The van der Waals surface area contributed by atoms with Gasteiger partial charge in [-0.3, -0.25) is 4.98 Å². The molecule has 0 radical (unpaired) electrons. The summed E-state index contributed by atoms with van der Waals surface area (Å²) in [5, 5.41) is 3.38. The highest BCUT2D eigenvalue weighted by atomic mass is 16.5. The zero-order chi connectivity index (χ0) is 12.2. The van der Waals surface area contributed by atoms with Crippen LogP contribution >= 0.6 is 0 Å². The van der Waals surface area contributed by atoms with Gasteiger partial charge in [0.2, 0.25) is 0 Å². The highest BCUT2D eigenvalue weighted by Gasteiger charge is 2.09. The van der Waals surface area contributed by atoms with E-state index in [4.69, 9.17) is 4.74 Å². The van der Waals surface area contributed by atoms with Gasteiger partial charge < -0.3 is 10.1 Å². The van der Waals surface area contributed by atoms with Crippen LogP contribution in [0.25, 0.3) is 0 Å². The Labute approximate surface area is 107 Å². The van der Waals surface area contributed by atoms with Crippen molar-refractivity contribution in [3.05, 3.63) is 59.4 Å². The summed E-state index contributed by atoms with van der Waals surface area (Å²) in [4.78, 5) is 3.99. The van der Waals surface area contributed by atoms with Crippen LogP contribution in [0, 0.1) is 0 Å². The zero-order valence-corrected chi connectivity index (χ0v) is 10.2. The van der Waals surface area contributed by atoms with Crippen molar-refractivity contribution in [3.63, 3.8) is 0 Å². The summed E-state index contributed by atoms with van der Waals surface area (Å²) in [5.41, 5.74) is 3.93. The number of hydrogen-bond donors (Lipinski definition) is 1. The first kappa shape index (κ1) is 11.2. The second-order valence-corrected chi connectivity index (χ2v) is 4.50. The fourth-order valence-corrected chi connectivity index (χ4v) is 2.19. The van der Waals surface area contributed by atoms with Gasteiger partial charge in [-0.25, -0.2) is 0 Å². The van der Waals surface area contributed by atoms with E-state index in [-0.39, 0.29) is 0 Å². The molecule has 1 N–H and O–H groups in total. The first-order valence-electron chi connectivity index (χ1n) is 6.26. The third-order valence-corrected chi connectivity index (χ3v) is 3.22. The third-order valence-electron chi connectivity index (χ3n) is 3.22. The lowest BCUT2D eigenvalue weighted by Gasteiger charge is -2.18. The highest BCUT2D eigenvalue weighted by Crippen LogP contribution is 2.21. The summed E-state index contributed by atoms with van der Waals surface area (Å²) in [5.74, 6) is 0.939. The molecule has 92 valence electrons. The molecule has 0 bridgehead atoms. The van der Waals surface area contributed by atoms with E-state index >= 15 is 0 Å². The van der Waals surface area contributed by atoms with Crippen LogP contribution in [0.15, 0.2) is 42.7 Å². The van der Waals surface area contributed by atoms with Crippen molar-refractivity contribution in [2.75, 3.05) is 6.54 Å². The maximum Gasteiger partial charge on any atom is 0.120 e. The first-order valence-corrected chi connectivity index (χ1v) is 6.26. The van der Waals surface area contributed by atoms with Crippen molar-refractivity contribution in [1.82, 2.24) is 10.3 Å². The monoisotopic (exact) mass is 240 g/mol. The predicted molar refractivity (Wildman–Crippen MR) is 70.4 cm³/mol. The zero-order valence-electron chi connectivity index (χ0n) is 10.2. The number of benzene rings is 1. The van der Waals surface area contributed by atoms with Crippen LogP contribution in [-0.2, 0) is 19.6 Å². The molecule has 0 aliphatic carbocycles. The van der Waals surface area contributed by atoms with Crippen molar-refractivity contribution >= 4 is 0 Å². The molecule has 18 heavy (non-hydrogen) atoms. The summed E-state index contributed by atoms with van der Waals surface area (Å²) in [6.45, 7) is 2.61. The van der Waals surface area contributed by atoms with Crippen LogP contribution in [-0.4, -0.2) is 11.5 Å². The Morgan fingerprint density at radius 1 is 1.11 bits per heavy atom. The largest absolute Gasteiger partial charge is 0.489 e. The van der Waals surface area contributed by atoms with Crippen molar-refractivity contribution in [3.8, 4) is 5.75 Å². The quantitative estimate of drug-likeness (QED) is 0.894. The molecule has 0 fully saturated rings. The Balaban J connectivity index is 1.70. The van der Waals surface area contributed by atoms with Gasteiger partial charge in [0.05, 0.1) is 0 Å². The minimum Gasteiger partial charge on any atom is -0.489 e. The summed E-state index contributed by atoms with van der Waals surface area (Å²) in [6, 6.07) is 10.3. The molecule has 0 saturated carbocycles. The molecular weight excluding hydrogens is 224 g/mol. The van der Waals surface area contributed by atoms with Crippen molar-refractivity contribution in [2.45, 2.75) is 19.6 Å². The Kier molecular flexibility index (Phi) is 3.24. The number of nitrogens with one attached hydrogen (secondary N) is 1. The van der Waals surface area contributed by atoms with Crippen LogP contribution in [0.5, 0.6) is 5.75 Å². The summed E-state index contributed by atoms with van der Waals surface area (Å²) in [7, 11) is 0. The fourth-order valence-electron chi connectivity index (χ4n) is 2.19. The van der Waals surface area contributed by atoms with E-state index < -0.39 is 0 Å². The number of nitrogens with zero attached hydrogens (tertiary/aromatic N) is 1. The molecule has 3 heteroatoms. The summed E-state index contributed by atoms with van der Waals surface area (Å²) in [6.07, 6.45) is 4.69. The fraction of sp³-hybridized carbons (Fsp3) is 0.267. The van der Waals surface area contributed by atoms with Gasteiger partial charge in [0.15, 0.2) is 0 Å².